The highest BCUT2D eigenvalue weighted by molar-refractivity contribution is 5.32. The molecule has 1 atom stereocenters. The second-order valence-corrected chi connectivity index (χ2v) is 3.91. The largest absolute Gasteiger partial charge is 0.414 e. The van der Waals surface area contributed by atoms with Gasteiger partial charge in [0.15, 0.2) is 6.10 Å². The van der Waals surface area contributed by atoms with Crippen LogP contribution in [0.15, 0.2) is 54.6 Å². The number of nitriles is 1. The molecular weight excluding hydrogens is 210 g/mol. The molecule has 84 valence electrons. The number of hydrogen-bond donors (Lipinski definition) is 0. The van der Waals surface area contributed by atoms with Crippen molar-refractivity contribution in [3.63, 3.8) is 0 Å². The predicted octanol–water partition coefficient (Wildman–Crippen LogP) is 3.58. The third-order valence-corrected chi connectivity index (χ3v) is 2.65. The van der Waals surface area contributed by atoms with E-state index in [1.54, 1.807) is 6.26 Å². The Morgan fingerprint density at radius 1 is 0.941 bits per heavy atom. The van der Waals surface area contributed by atoms with E-state index in [2.05, 4.69) is 0 Å². The highest BCUT2D eigenvalue weighted by atomic mass is 16.5. The van der Waals surface area contributed by atoms with Gasteiger partial charge in [-0.15, -0.1) is 0 Å². The molecule has 2 nitrogen and oxygen atoms in total. The monoisotopic (exact) mass is 223 g/mol. The Balaban J connectivity index is 2.36. The lowest BCUT2D eigenvalue weighted by Crippen LogP contribution is -2.02. The van der Waals surface area contributed by atoms with Crippen LogP contribution in [0.2, 0.25) is 0 Å². The zero-order chi connectivity index (χ0) is 12.1. The third kappa shape index (κ3) is 2.64. The van der Waals surface area contributed by atoms with Crippen LogP contribution in [0.4, 0.5) is 0 Å². The number of ether oxygens (including phenoxy) is 1. The lowest BCUT2D eigenvalue weighted by Gasteiger charge is -2.14. The van der Waals surface area contributed by atoms with Crippen molar-refractivity contribution in [2.24, 2.45) is 0 Å². The fourth-order valence-electron chi connectivity index (χ4n) is 1.75. The predicted molar refractivity (Wildman–Crippen MR) is 66.2 cm³/mol. The van der Waals surface area contributed by atoms with Gasteiger partial charge in [0.25, 0.3) is 6.26 Å². The maximum Gasteiger partial charge on any atom is 0.287 e. The molecule has 0 bridgehead atoms. The standard InChI is InChI=1S/C15H13NO/c1-12-7-9-14(10-8-12)15(17-11-16)13-5-3-2-4-6-13/h2-10,15H,1H3. The fourth-order valence-corrected chi connectivity index (χ4v) is 1.75. The molecule has 0 aliphatic heterocycles. The Morgan fingerprint density at radius 3 is 2.12 bits per heavy atom. The quantitative estimate of drug-likeness (QED) is 0.745. The minimum atomic E-state index is -0.318. The lowest BCUT2D eigenvalue weighted by molar-refractivity contribution is 0.202. The van der Waals surface area contributed by atoms with Crippen LogP contribution in [0, 0.1) is 18.4 Å². The van der Waals surface area contributed by atoms with Gasteiger partial charge < -0.3 is 4.74 Å². The average molecular weight is 223 g/mol. The molecule has 2 heteroatoms. The molecule has 2 aromatic rings. The number of aryl methyl sites for hydroxylation is 1. The minimum absolute atomic E-state index is 0.318. The summed E-state index contributed by atoms with van der Waals surface area (Å²) in [7, 11) is 0. The van der Waals surface area contributed by atoms with Gasteiger partial charge in [0.05, 0.1) is 0 Å². The molecule has 2 rings (SSSR count). The van der Waals surface area contributed by atoms with E-state index < -0.39 is 0 Å². The summed E-state index contributed by atoms with van der Waals surface area (Å²) in [6.07, 6.45) is 1.46. The fraction of sp³-hybridized carbons (Fsp3) is 0.133. The maximum atomic E-state index is 8.74. The molecule has 0 spiro atoms. The van der Waals surface area contributed by atoms with Crippen molar-refractivity contribution < 1.29 is 4.74 Å². The lowest BCUT2D eigenvalue weighted by atomic mass is 10.0. The SMILES string of the molecule is Cc1ccc(C(OC#N)c2ccccc2)cc1. The van der Waals surface area contributed by atoms with Crippen LogP contribution in [-0.4, -0.2) is 0 Å². The van der Waals surface area contributed by atoms with Crippen molar-refractivity contribution in [2.75, 3.05) is 0 Å². The van der Waals surface area contributed by atoms with E-state index in [4.69, 9.17) is 10.00 Å². The number of rotatable bonds is 3. The molecule has 0 saturated carbocycles. The molecule has 0 radical (unpaired) electrons. The van der Waals surface area contributed by atoms with Gasteiger partial charge >= 0.3 is 0 Å². The second kappa shape index (κ2) is 5.18. The molecule has 2 aromatic carbocycles. The van der Waals surface area contributed by atoms with Crippen LogP contribution in [-0.2, 0) is 4.74 Å². The molecule has 0 heterocycles. The van der Waals surface area contributed by atoms with Crippen LogP contribution in [0.5, 0.6) is 0 Å². The van der Waals surface area contributed by atoms with E-state index >= 15 is 0 Å². The van der Waals surface area contributed by atoms with Crippen molar-refractivity contribution in [1.29, 1.82) is 5.26 Å². The van der Waals surface area contributed by atoms with Gasteiger partial charge in [-0.3, -0.25) is 0 Å². The number of benzene rings is 2. The molecule has 17 heavy (non-hydrogen) atoms. The van der Waals surface area contributed by atoms with E-state index in [9.17, 15) is 0 Å². The topological polar surface area (TPSA) is 33.0 Å². The number of nitrogens with zero attached hydrogens (tertiary/aromatic N) is 1. The Bertz CT molecular complexity index is 511. The highest BCUT2D eigenvalue weighted by Crippen LogP contribution is 2.25. The zero-order valence-electron chi connectivity index (χ0n) is 9.63. The molecule has 0 N–H and O–H groups in total. The van der Waals surface area contributed by atoms with Crippen LogP contribution in [0.3, 0.4) is 0 Å². The van der Waals surface area contributed by atoms with Crippen molar-refractivity contribution in [3.8, 4) is 6.26 Å². The van der Waals surface area contributed by atoms with Crippen LogP contribution in [0.25, 0.3) is 0 Å². The Kier molecular flexibility index (Phi) is 3.42. The smallest absolute Gasteiger partial charge is 0.287 e. The average Bonchev–Trinajstić information content (AvgIpc) is 2.38. The van der Waals surface area contributed by atoms with Gasteiger partial charge in [-0.05, 0) is 18.1 Å². The summed E-state index contributed by atoms with van der Waals surface area (Å²) in [6, 6.07) is 17.8. The Hall–Kier alpha value is -2.27. The van der Waals surface area contributed by atoms with E-state index in [1.165, 1.54) is 5.56 Å². The molecular formula is C15H13NO. The van der Waals surface area contributed by atoms with E-state index in [1.807, 2.05) is 61.5 Å². The van der Waals surface area contributed by atoms with Gasteiger partial charge in [-0.25, -0.2) is 0 Å². The van der Waals surface area contributed by atoms with Gasteiger partial charge in [-0.2, -0.15) is 5.26 Å². The maximum absolute atomic E-state index is 8.74. The van der Waals surface area contributed by atoms with Crippen LogP contribution < -0.4 is 0 Å². The highest BCUT2D eigenvalue weighted by Gasteiger charge is 2.14. The third-order valence-electron chi connectivity index (χ3n) is 2.65. The molecule has 0 saturated heterocycles. The molecule has 0 aliphatic carbocycles. The first-order valence-corrected chi connectivity index (χ1v) is 5.47. The van der Waals surface area contributed by atoms with Gasteiger partial charge in [0, 0.05) is 0 Å². The van der Waals surface area contributed by atoms with Crippen molar-refractivity contribution in [1.82, 2.24) is 0 Å². The summed E-state index contributed by atoms with van der Waals surface area (Å²) in [4.78, 5) is 0. The first kappa shape index (κ1) is 11.2. The van der Waals surface area contributed by atoms with Crippen molar-refractivity contribution in [2.45, 2.75) is 13.0 Å². The van der Waals surface area contributed by atoms with Crippen molar-refractivity contribution >= 4 is 0 Å². The van der Waals surface area contributed by atoms with Crippen LogP contribution in [0.1, 0.15) is 22.8 Å². The molecule has 0 amide bonds. The summed E-state index contributed by atoms with van der Waals surface area (Å²) in [6.45, 7) is 2.03. The van der Waals surface area contributed by atoms with E-state index in [-0.39, 0.29) is 6.10 Å². The Morgan fingerprint density at radius 2 is 1.53 bits per heavy atom. The summed E-state index contributed by atoms with van der Waals surface area (Å²) >= 11 is 0. The zero-order valence-corrected chi connectivity index (χ0v) is 9.63. The molecule has 0 aromatic heterocycles. The Labute approximate surface area is 101 Å². The molecule has 1 unspecified atom stereocenters. The van der Waals surface area contributed by atoms with Crippen molar-refractivity contribution in [3.05, 3.63) is 71.3 Å². The van der Waals surface area contributed by atoms with E-state index in [0.717, 1.165) is 11.1 Å². The second-order valence-electron chi connectivity index (χ2n) is 3.91. The first-order valence-electron chi connectivity index (χ1n) is 5.47. The van der Waals surface area contributed by atoms with Gasteiger partial charge in [0.2, 0.25) is 0 Å². The normalized spacial score (nSPS) is 11.5. The number of hydrogen-bond acceptors (Lipinski definition) is 2. The summed E-state index contributed by atoms with van der Waals surface area (Å²) < 4.78 is 5.16. The van der Waals surface area contributed by atoms with Gasteiger partial charge in [-0.1, -0.05) is 60.2 Å². The van der Waals surface area contributed by atoms with Gasteiger partial charge in [0.1, 0.15) is 0 Å². The minimum Gasteiger partial charge on any atom is -0.414 e. The summed E-state index contributed by atoms with van der Waals surface area (Å²) in [5.41, 5.74) is 3.17. The summed E-state index contributed by atoms with van der Waals surface area (Å²) in [5, 5.41) is 8.74. The molecule has 0 fully saturated rings. The first-order chi connectivity index (χ1) is 8.31. The van der Waals surface area contributed by atoms with Crippen LogP contribution >= 0.6 is 0 Å². The summed E-state index contributed by atoms with van der Waals surface area (Å²) in [5.74, 6) is 0. The van der Waals surface area contributed by atoms with E-state index in [0.29, 0.717) is 0 Å². The molecule has 0 aliphatic rings.